The topological polar surface area (TPSA) is 67.5 Å². The molecule has 1 aliphatic heterocycles. The maximum atomic E-state index is 11.1. The van der Waals surface area contributed by atoms with E-state index >= 15 is 0 Å². The molecule has 0 atom stereocenters. The summed E-state index contributed by atoms with van der Waals surface area (Å²) in [6, 6.07) is 14.9. The second-order valence-corrected chi connectivity index (χ2v) is 5.76. The van der Waals surface area contributed by atoms with E-state index in [-0.39, 0.29) is 10.6 Å². The molecule has 2 aromatic rings. The number of nitrogens with one attached hydrogen (secondary N) is 1. The monoisotopic (exact) mass is 367 g/mol. The van der Waals surface area contributed by atoms with Crippen LogP contribution < -0.4 is 5.32 Å². The van der Waals surface area contributed by atoms with Crippen molar-refractivity contribution in [3.63, 3.8) is 0 Å². The average molecular weight is 367 g/mol. The largest absolute Gasteiger partial charge is 0.379 e. The van der Waals surface area contributed by atoms with Gasteiger partial charge in [-0.3, -0.25) is 15.1 Å². The molecule has 5 heteroatoms. The lowest BCUT2D eigenvalue weighted by Gasteiger charge is -2.12. The summed E-state index contributed by atoms with van der Waals surface area (Å²) in [5.74, 6) is 0. The molecule has 144 valence electrons. The van der Waals surface area contributed by atoms with Crippen LogP contribution in [-0.4, -0.2) is 17.7 Å². The van der Waals surface area contributed by atoms with Crippen LogP contribution in [0, 0.1) is 10.1 Å². The Labute approximate surface area is 162 Å². The van der Waals surface area contributed by atoms with Crippen LogP contribution in [-0.2, 0) is 0 Å². The van der Waals surface area contributed by atoms with E-state index in [1.807, 2.05) is 69.6 Å². The Kier molecular flexibility index (Phi) is 10.2. The van der Waals surface area contributed by atoms with Crippen LogP contribution in [0.15, 0.2) is 65.3 Å². The summed E-state index contributed by atoms with van der Waals surface area (Å²) in [7, 11) is 0. The predicted octanol–water partition coefficient (Wildman–Crippen LogP) is 6.47. The fraction of sp³-hybridized carbons (Fsp3) is 0.318. The van der Waals surface area contributed by atoms with Gasteiger partial charge in [0, 0.05) is 37.0 Å². The van der Waals surface area contributed by atoms with Gasteiger partial charge in [0.1, 0.15) is 5.69 Å². The molecule has 0 bridgehead atoms. The van der Waals surface area contributed by atoms with Crippen molar-refractivity contribution in [2.45, 2.75) is 40.5 Å². The summed E-state index contributed by atoms with van der Waals surface area (Å²) in [5, 5.41) is 14.3. The molecule has 3 rings (SSSR count). The Morgan fingerprint density at radius 2 is 1.81 bits per heavy atom. The van der Waals surface area contributed by atoms with E-state index in [4.69, 9.17) is 0 Å². The molecule has 0 spiro atoms. The van der Waals surface area contributed by atoms with Gasteiger partial charge in [0.25, 0.3) is 5.69 Å². The number of nitro benzene ring substituents is 1. The lowest BCUT2D eigenvalue weighted by atomic mass is 10.0. The first-order valence-electron chi connectivity index (χ1n) is 9.37. The summed E-state index contributed by atoms with van der Waals surface area (Å²) >= 11 is 0. The fourth-order valence-electron chi connectivity index (χ4n) is 2.42. The highest BCUT2D eigenvalue weighted by atomic mass is 16.6. The Bertz CT molecular complexity index is 768. The number of hydrogen-bond acceptors (Lipinski definition) is 4. The molecule has 0 radical (unpaired) electrons. The summed E-state index contributed by atoms with van der Waals surface area (Å²) in [6.45, 7) is 8.82. The average Bonchev–Trinajstić information content (AvgIpc) is 3.19. The molecule has 1 heterocycles. The Morgan fingerprint density at radius 3 is 2.30 bits per heavy atom. The summed E-state index contributed by atoms with van der Waals surface area (Å²) in [6.07, 6.45) is 5.77. The van der Waals surface area contributed by atoms with Crippen LogP contribution in [0.4, 0.5) is 11.4 Å². The zero-order valence-corrected chi connectivity index (χ0v) is 16.6. The van der Waals surface area contributed by atoms with Crippen molar-refractivity contribution in [1.29, 1.82) is 0 Å². The number of nitrogens with zero attached hydrogens (tertiary/aromatic N) is 2. The van der Waals surface area contributed by atoms with Crippen molar-refractivity contribution in [1.82, 2.24) is 0 Å². The van der Waals surface area contributed by atoms with Gasteiger partial charge in [0.05, 0.1) is 4.92 Å². The normalized spacial score (nSPS) is 11.5. The maximum absolute atomic E-state index is 11.1. The number of rotatable bonds is 5. The van der Waals surface area contributed by atoms with Gasteiger partial charge in [-0.25, -0.2) is 0 Å². The molecular formula is C22H29N3O2. The first-order valence-corrected chi connectivity index (χ1v) is 9.37. The number of benzene rings is 2. The molecule has 2 aromatic carbocycles. The molecule has 0 aliphatic carbocycles. The van der Waals surface area contributed by atoms with Crippen LogP contribution in [0.3, 0.4) is 0 Å². The van der Waals surface area contributed by atoms with Crippen molar-refractivity contribution >= 4 is 17.6 Å². The third-order valence-electron chi connectivity index (χ3n) is 3.69. The lowest BCUT2D eigenvalue weighted by molar-refractivity contribution is -0.383. The SMILES string of the molecule is CC.CC1=CN=CC1.CCCNc1c(-c2ccccc2)cccc1[N+](=O)[O-]. The molecule has 5 nitrogen and oxygen atoms in total. The highest BCUT2D eigenvalue weighted by Crippen LogP contribution is 2.35. The zero-order valence-electron chi connectivity index (χ0n) is 16.6. The molecule has 27 heavy (non-hydrogen) atoms. The van der Waals surface area contributed by atoms with Gasteiger partial charge in [-0.1, -0.05) is 63.2 Å². The first-order chi connectivity index (χ1) is 13.1. The number of para-hydroxylation sites is 1. The van der Waals surface area contributed by atoms with Crippen LogP contribution >= 0.6 is 0 Å². The van der Waals surface area contributed by atoms with Gasteiger partial charge in [0.15, 0.2) is 0 Å². The predicted molar refractivity (Wildman–Crippen MR) is 116 cm³/mol. The molecule has 0 saturated heterocycles. The van der Waals surface area contributed by atoms with E-state index in [2.05, 4.69) is 17.2 Å². The molecule has 0 aromatic heterocycles. The lowest BCUT2D eigenvalue weighted by Crippen LogP contribution is -2.04. The van der Waals surface area contributed by atoms with Gasteiger partial charge in [-0.2, -0.15) is 0 Å². The van der Waals surface area contributed by atoms with Crippen LogP contribution in [0.25, 0.3) is 11.1 Å². The second kappa shape index (κ2) is 12.4. The van der Waals surface area contributed by atoms with Crippen LogP contribution in [0.5, 0.6) is 0 Å². The molecule has 0 amide bonds. The van der Waals surface area contributed by atoms with Crippen LogP contribution in [0.1, 0.15) is 40.5 Å². The van der Waals surface area contributed by atoms with Gasteiger partial charge >= 0.3 is 0 Å². The molecule has 0 unspecified atom stereocenters. The van der Waals surface area contributed by atoms with Gasteiger partial charge in [-0.05, 0) is 24.5 Å². The highest BCUT2D eigenvalue weighted by Gasteiger charge is 2.17. The molecule has 0 saturated carbocycles. The van der Waals surface area contributed by atoms with Crippen molar-refractivity contribution < 1.29 is 4.92 Å². The second-order valence-electron chi connectivity index (χ2n) is 5.76. The maximum Gasteiger partial charge on any atom is 0.292 e. The quantitative estimate of drug-likeness (QED) is 0.486. The Hall–Kier alpha value is -2.95. The molecular weight excluding hydrogens is 338 g/mol. The minimum Gasteiger partial charge on any atom is -0.379 e. The minimum atomic E-state index is -0.343. The van der Waals surface area contributed by atoms with Crippen molar-refractivity contribution in [2.24, 2.45) is 4.99 Å². The standard InChI is InChI=1S/C15H16N2O2.C5H7N.C2H6/c1-2-11-16-15-13(12-7-4-3-5-8-12)9-6-10-14(15)17(18)19;1-5-2-3-6-4-5;1-2/h3-10,16H,2,11H2,1H3;3-4H,2H2,1H3;1-2H3. The zero-order chi connectivity index (χ0) is 20.1. The number of hydrogen-bond donors (Lipinski definition) is 1. The number of allylic oxidation sites excluding steroid dienone is 1. The van der Waals surface area contributed by atoms with Crippen molar-refractivity contribution in [2.75, 3.05) is 11.9 Å². The van der Waals surface area contributed by atoms with E-state index in [1.165, 1.54) is 11.6 Å². The van der Waals surface area contributed by atoms with E-state index in [0.717, 1.165) is 24.0 Å². The van der Waals surface area contributed by atoms with E-state index in [0.29, 0.717) is 12.2 Å². The molecule has 1 aliphatic rings. The van der Waals surface area contributed by atoms with E-state index < -0.39 is 0 Å². The minimum absolute atomic E-state index is 0.120. The summed E-state index contributed by atoms with van der Waals surface area (Å²) in [5.41, 5.74) is 3.92. The highest BCUT2D eigenvalue weighted by molar-refractivity contribution is 5.84. The summed E-state index contributed by atoms with van der Waals surface area (Å²) < 4.78 is 0. The summed E-state index contributed by atoms with van der Waals surface area (Å²) in [4.78, 5) is 14.7. The third-order valence-corrected chi connectivity index (χ3v) is 3.69. The van der Waals surface area contributed by atoms with Crippen LogP contribution in [0.2, 0.25) is 0 Å². The smallest absolute Gasteiger partial charge is 0.292 e. The Balaban J connectivity index is 0.000000381. The number of nitro groups is 1. The van der Waals surface area contributed by atoms with E-state index in [9.17, 15) is 10.1 Å². The van der Waals surface area contributed by atoms with Gasteiger partial charge < -0.3 is 5.32 Å². The fourth-order valence-corrected chi connectivity index (χ4v) is 2.42. The van der Waals surface area contributed by atoms with Gasteiger partial charge in [-0.15, -0.1) is 0 Å². The number of aliphatic imine (C=N–C) groups is 1. The van der Waals surface area contributed by atoms with Crippen molar-refractivity contribution in [3.05, 3.63) is 70.4 Å². The third kappa shape index (κ3) is 7.05. The first kappa shape index (κ1) is 22.1. The van der Waals surface area contributed by atoms with Crippen molar-refractivity contribution in [3.8, 4) is 11.1 Å². The molecule has 1 N–H and O–H groups in total. The number of anilines is 1. The van der Waals surface area contributed by atoms with E-state index in [1.54, 1.807) is 6.07 Å². The van der Waals surface area contributed by atoms with Gasteiger partial charge in [0.2, 0.25) is 0 Å². The molecule has 0 fully saturated rings. The Morgan fingerprint density at radius 1 is 1.11 bits per heavy atom.